The van der Waals surface area contributed by atoms with Gasteiger partial charge >= 0.3 is 23.9 Å². The van der Waals surface area contributed by atoms with Crippen LogP contribution in [0.5, 0.6) is 0 Å². The average Bonchev–Trinajstić information content (AvgIpc) is 2.57. The van der Waals surface area contributed by atoms with Crippen LogP contribution in [0.25, 0.3) is 0 Å². The van der Waals surface area contributed by atoms with Crippen molar-refractivity contribution in [3.05, 3.63) is 12.2 Å². The second kappa shape index (κ2) is 12.1. The number of ether oxygens (including phenoxy) is 6. The van der Waals surface area contributed by atoms with E-state index in [2.05, 4.69) is 0 Å². The van der Waals surface area contributed by atoms with E-state index in [4.69, 9.17) is 28.4 Å². The summed E-state index contributed by atoms with van der Waals surface area (Å²) in [5.74, 6) is -2.08. The summed E-state index contributed by atoms with van der Waals surface area (Å²) in [6.45, 7) is 5.03. The molecule has 1 rings (SSSR count). The zero-order valence-electron chi connectivity index (χ0n) is 16.4. The van der Waals surface area contributed by atoms with E-state index in [9.17, 15) is 19.2 Å². The van der Waals surface area contributed by atoms with Crippen LogP contribution in [0.1, 0.15) is 34.1 Å². The topological polar surface area (TPSA) is 124 Å². The molecular weight excluding hydrogens is 376 g/mol. The van der Waals surface area contributed by atoms with Crippen molar-refractivity contribution >= 4 is 23.9 Å². The SMILES string of the molecule is CC(=O)OC/C=C\CO[C@@H]1C[C@@H](OC(C)=O)[C@@H](OC(C)=O)[C@@H](COC(C)=O)O1. The molecular formula is C18H26O10. The summed E-state index contributed by atoms with van der Waals surface area (Å²) in [6, 6.07) is 0. The van der Waals surface area contributed by atoms with Crippen LogP contribution in [-0.4, -0.2) is 68.3 Å². The number of carbonyl (C=O) groups excluding carboxylic acids is 4. The van der Waals surface area contributed by atoms with Crippen molar-refractivity contribution in [2.75, 3.05) is 19.8 Å². The zero-order chi connectivity index (χ0) is 21.1. The molecule has 0 amide bonds. The van der Waals surface area contributed by atoms with Gasteiger partial charge in [-0.05, 0) is 6.08 Å². The van der Waals surface area contributed by atoms with E-state index in [0.717, 1.165) is 0 Å². The van der Waals surface area contributed by atoms with Crippen LogP contribution < -0.4 is 0 Å². The molecule has 0 bridgehead atoms. The van der Waals surface area contributed by atoms with Gasteiger partial charge in [-0.15, -0.1) is 0 Å². The van der Waals surface area contributed by atoms with E-state index in [0.29, 0.717) is 0 Å². The molecule has 0 aromatic carbocycles. The van der Waals surface area contributed by atoms with Crippen LogP contribution >= 0.6 is 0 Å². The third kappa shape index (κ3) is 9.47. The highest BCUT2D eigenvalue weighted by molar-refractivity contribution is 5.68. The average molecular weight is 402 g/mol. The summed E-state index contributed by atoms with van der Waals surface area (Å²) < 4.78 is 31.5. The quantitative estimate of drug-likeness (QED) is 0.309. The van der Waals surface area contributed by atoms with Crippen molar-refractivity contribution in [1.82, 2.24) is 0 Å². The normalized spacial score (nSPS) is 24.4. The van der Waals surface area contributed by atoms with Gasteiger partial charge in [0.15, 0.2) is 12.4 Å². The van der Waals surface area contributed by atoms with Gasteiger partial charge in [-0.25, -0.2) is 0 Å². The zero-order valence-corrected chi connectivity index (χ0v) is 16.4. The van der Waals surface area contributed by atoms with Gasteiger partial charge in [0.05, 0.1) is 6.61 Å². The highest BCUT2D eigenvalue weighted by Gasteiger charge is 2.44. The van der Waals surface area contributed by atoms with Crippen molar-refractivity contribution in [3.63, 3.8) is 0 Å². The van der Waals surface area contributed by atoms with Crippen LogP contribution in [0, 0.1) is 0 Å². The Balaban J connectivity index is 2.75. The molecule has 0 spiro atoms. The van der Waals surface area contributed by atoms with E-state index in [1.807, 2.05) is 0 Å². The lowest BCUT2D eigenvalue weighted by Crippen LogP contribution is -2.54. The fraction of sp³-hybridized carbons (Fsp3) is 0.667. The minimum Gasteiger partial charge on any atom is -0.463 e. The molecule has 0 N–H and O–H groups in total. The molecule has 10 heteroatoms. The number of carbonyl (C=O) groups is 4. The van der Waals surface area contributed by atoms with Gasteiger partial charge in [-0.3, -0.25) is 19.2 Å². The van der Waals surface area contributed by atoms with Crippen LogP contribution in [0.3, 0.4) is 0 Å². The Hall–Kier alpha value is -2.46. The van der Waals surface area contributed by atoms with E-state index in [1.54, 1.807) is 12.2 Å². The maximum Gasteiger partial charge on any atom is 0.303 e. The van der Waals surface area contributed by atoms with Gasteiger partial charge in [0.1, 0.15) is 25.4 Å². The number of hydrogen-bond acceptors (Lipinski definition) is 10. The molecule has 0 radical (unpaired) electrons. The molecule has 0 unspecified atom stereocenters. The summed E-state index contributed by atoms with van der Waals surface area (Å²) >= 11 is 0. The minimum atomic E-state index is -0.944. The summed E-state index contributed by atoms with van der Waals surface area (Å²) in [6.07, 6.45) is -0.0915. The van der Waals surface area contributed by atoms with Gasteiger partial charge in [0.2, 0.25) is 0 Å². The molecule has 10 nitrogen and oxygen atoms in total. The van der Waals surface area contributed by atoms with Crippen LogP contribution in [-0.2, 0) is 47.6 Å². The van der Waals surface area contributed by atoms with E-state index in [-0.39, 0.29) is 26.2 Å². The summed E-state index contributed by atoms with van der Waals surface area (Å²) in [7, 11) is 0. The van der Waals surface area contributed by atoms with Crippen LogP contribution in [0.4, 0.5) is 0 Å². The first-order chi connectivity index (χ1) is 13.2. The summed E-state index contributed by atoms with van der Waals surface area (Å²) in [5.41, 5.74) is 0. The van der Waals surface area contributed by atoms with Crippen molar-refractivity contribution in [1.29, 1.82) is 0 Å². The minimum absolute atomic E-state index is 0.115. The third-order valence-corrected chi connectivity index (χ3v) is 3.48. The molecule has 158 valence electrons. The Morgan fingerprint density at radius 3 is 2.04 bits per heavy atom. The van der Waals surface area contributed by atoms with Crippen LogP contribution in [0.15, 0.2) is 12.2 Å². The van der Waals surface area contributed by atoms with Crippen molar-refractivity contribution in [3.8, 4) is 0 Å². The fourth-order valence-corrected chi connectivity index (χ4v) is 2.47. The molecule has 1 heterocycles. The lowest BCUT2D eigenvalue weighted by Gasteiger charge is -2.39. The first-order valence-corrected chi connectivity index (χ1v) is 8.72. The molecule has 1 saturated heterocycles. The third-order valence-electron chi connectivity index (χ3n) is 3.48. The Labute approximate surface area is 163 Å². The Morgan fingerprint density at radius 2 is 1.46 bits per heavy atom. The first kappa shape index (κ1) is 23.6. The molecule has 1 aliphatic rings. The van der Waals surface area contributed by atoms with Crippen molar-refractivity contribution < 1.29 is 47.6 Å². The lowest BCUT2D eigenvalue weighted by atomic mass is 10.0. The molecule has 1 fully saturated rings. The van der Waals surface area contributed by atoms with Crippen molar-refractivity contribution in [2.24, 2.45) is 0 Å². The molecule has 0 saturated carbocycles. The standard InChI is InChI=1S/C18H26O10/c1-11(19)23-7-5-6-8-24-17-9-15(26-13(3)21)18(27-14(4)22)16(28-17)10-25-12(2)20/h5-6,15-18H,7-10H2,1-4H3/b6-5-/t15-,16-,17+,18-/m1/s1. The fourth-order valence-electron chi connectivity index (χ4n) is 2.47. The second-order valence-electron chi connectivity index (χ2n) is 5.97. The van der Waals surface area contributed by atoms with Gasteiger partial charge in [0, 0.05) is 34.1 Å². The first-order valence-electron chi connectivity index (χ1n) is 8.72. The van der Waals surface area contributed by atoms with Gasteiger partial charge in [-0.2, -0.15) is 0 Å². The highest BCUT2D eigenvalue weighted by atomic mass is 16.7. The molecule has 1 aliphatic heterocycles. The summed E-state index contributed by atoms with van der Waals surface area (Å²) in [5, 5.41) is 0. The van der Waals surface area contributed by atoms with Gasteiger partial charge < -0.3 is 28.4 Å². The smallest absolute Gasteiger partial charge is 0.303 e. The van der Waals surface area contributed by atoms with Gasteiger partial charge in [-0.1, -0.05) is 6.08 Å². The van der Waals surface area contributed by atoms with E-state index in [1.165, 1.54) is 27.7 Å². The second-order valence-corrected chi connectivity index (χ2v) is 5.97. The van der Waals surface area contributed by atoms with Crippen molar-refractivity contribution in [2.45, 2.75) is 58.7 Å². The van der Waals surface area contributed by atoms with Gasteiger partial charge in [0.25, 0.3) is 0 Å². The molecule has 0 aliphatic carbocycles. The predicted octanol–water partition coefficient (Wildman–Crippen LogP) is 0.664. The maximum absolute atomic E-state index is 11.4. The molecule has 0 aromatic rings. The van der Waals surface area contributed by atoms with E-state index < -0.39 is 48.5 Å². The Kier molecular flexibility index (Phi) is 10.2. The Morgan fingerprint density at radius 1 is 0.857 bits per heavy atom. The maximum atomic E-state index is 11.4. The largest absolute Gasteiger partial charge is 0.463 e. The molecule has 0 aromatic heterocycles. The van der Waals surface area contributed by atoms with Crippen LogP contribution in [0.2, 0.25) is 0 Å². The number of rotatable bonds is 9. The predicted molar refractivity (Wildman–Crippen MR) is 92.7 cm³/mol. The highest BCUT2D eigenvalue weighted by Crippen LogP contribution is 2.27. The molecule has 28 heavy (non-hydrogen) atoms. The monoisotopic (exact) mass is 402 g/mol. The van der Waals surface area contributed by atoms with E-state index >= 15 is 0 Å². The Bertz CT molecular complexity index is 585. The summed E-state index contributed by atoms with van der Waals surface area (Å²) in [4.78, 5) is 44.7. The molecule has 4 atom stereocenters. The number of hydrogen-bond donors (Lipinski definition) is 0. The number of esters is 4. The lowest BCUT2D eigenvalue weighted by molar-refractivity contribution is -0.263.